The molecule has 2 aromatic rings. The highest BCUT2D eigenvalue weighted by atomic mass is 79.9. The molecule has 0 aliphatic carbocycles. The molecule has 4 nitrogen and oxygen atoms in total. The van der Waals surface area contributed by atoms with Crippen LogP contribution in [0.4, 0.5) is 0 Å². The molecule has 1 N–H and O–H groups in total. The number of nitrogens with one attached hydrogen (secondary N) is 1. The van der Waals surface area contributed by atoms with Crippen LogP contribution in [0.3, 0.4) is 0 Å². The van der Waals surface area contributed by atoms with Crippen LogP contribution >= 0.6 is 15.9 Å². The van der Waals surface area contributed by atoms with Gasteiger partial charge in [-0.2, -0.15) is 0 Å². The third-order valence-corrected chi connectivity index (χ3v) is 5.19. The summed E-state index contributed by atoms with van der Waals surface area (Å²) in [5.74, 6) is 1.75. The third kappa shape index (κ3) is 4.35. The first-order valence-electron chi connectivity index (χ1n) is 8.65. The van der Waals surface area contributed by atoms with Crippen molar-refractivity contribution in [2.24, 2.45) is 0 Å². The molecular formula is C20H25BrN2O2. The molecule has 0 saturated carbocycles. The Hall–Kier alpha value is -1.56. The summed E-state index contributed by atoms with van der Waals surface area (Å²) in [6.45, 7) is 4.12. The van der Waals surface area contributed by atoms with Crippen LogP contribution in [0.15, 0.2) is 46.9 Å². The summed E-state index contributed by atoms with van der Waals surface area (Å²) in [6.07, 6.45) is 1.14. The van der Waals surface area contributed by atoms with Crippen molar-refractivity contribution >= 4 is 15.9 Å². The van der Waals surface area contributed by atoms with E-state index in [4.69, 9.17) is 9.47 Å². The average Bonchev–Trinajstić information content (AvgIpc) is 2.93. The first kappa shape index (κ1) is 18.2. The van der Waals surface area contributed by atoms with Gasteiger partial charge in [0, 0.05) is 29.7 Å². The molecular weight excluding hydrogens is 380 g/mol. The molecule has 1 saturated heterocycles. The molecule has 0 radical (unpaired) electrons. The first-order valence-corrected chi connectivity index (χ1v) is 9.44. The molecule has 3 rings (SSSR count). The van der Waals surface area contributed by atoms with Crippen molar-refractivity contribution in [1.82, 2.24) is 10.2 Å². The molecule has 0 bridgehead atoms. The van der Waals surface area contributed by atoms with Gasteiger partial charge in [0.15, 0.2) is 0 Å². The molecule has 0 spiro atoms. The number of halogens is 1. The number of benzene rings is 2. The van der Waals surface area contributed by atoms with E-state index in [9.17, 15) is 0 Å². The fourth-order valence-corrected chi connectivity index (χ4v) is 3.67. The fraction of sp³-hybridized carbons (Fsp3) is 0.400. The monoisotopic (exact) mass is 404 g/mol. The Morgan fingerprint density at radius 1 is 1.00 bits per heavy atom. The number of hydrogen-bond acceptors (Lipinski definition) is 4. The average molecular weight is 405 g/mol. The largest absolute Gasteiger partial charge is 0.497 e. The molecule has 1 heterocycles. The van der Waals surface area contributed by atoms with Crippen molar-refractivity contribution in [2.45, 2.75) is 12.5 Å². The predicted molar refractivity (Wildman–Crippen MR) is 105 cm³/mol. The second-order valence-corrected chi connectivity index (χ2v) is 7.12. The summed E-state index contributed by atoms with van der Waals surface area (Å²) in [7, 11) is 3.43. The summed E-state index contributed by atoms with van der Waals surface area (Å²) in [6, 6.07) is 14.8. The van der Waals surface area contributed by atoms with Crippen LogP contribution in [0.5, 0.6) is 11.5 Å². The van der Waals surface area contributed by atoms with Gasteiger partial charge in [-0.05, 0) is 48.9 Å². The minimum atomic E-state index is 0.137. The Labute approximate surface area is 158 Å². The van der Waals surface area contributed by atoms with Gasteiger partial charge >= 0.3 is 0 Å². The van der Waals surface area contributed by atoms with Gasteiger partial charge in [0.25, 0.3) is 0 Å². The van der Waals surface area contributed by atoms with Gasteiger partial charge in [-0.25, -0.2) is 0 Å². The molecule has 1 atom stereocenters. The maximum absolute atomic E-state index is 5.69. The summed E-state index contributed by atoms with van der Waals surface area (Å²) in [4.78, 5) is 2.53. The molecule has 25 heavy (non-hydrogen) atoms. The Balaban J connectivity index is 2.08. The highest BCUT2D eigenvalue weighted by Crippen LogP contribution is 2.37. The van der Waals surface area contributed by atoms with E-state index in [2.05, 4.69) is 56.5 Å². The zero-order valence-corrected chi connectivity index (χ0v) is 16.4. The number of methoxy groups -OCH3 is 2. The topological polar surface area (TPSA) is 33.7 Å². The lowest BCUT2D eigenvalue weighted by Crippen LogP contribution is -2.33. The third-order valence-electron chi connectivity index (χ3n) is 4.66. The molecule has 0 amide bonds. The van der Waals surface area contributed by atoms with E-state index in [-0.39, 0.29) is 6.04 Å². The number of ether oxygens (including phenoxy) is 2. The van der Waals surface area contributed by atoms with Gasteiger partial charge in [-0.1, -0.05) is 28.1 Å². The standard InChI is InChI=1S/C20H25BrN2O2/c1-24-17-8-9-19(25-2)18(14-17)20(15-4-6-16(21)7-5-15)23-12-3-10-22-11-13-23/h4-9,14,20,22H,3,10-13H2,1-2H3. The van der Waals surface area contributed by atoms with Gasteiger partial charge in [0.05, 0.1) is 20.3 Å². The van der Waals surface area contributed by atoms with E-state index in [1.54, 1.807) is 14.2 Å². The SMILES string of the molecule is COc1ccc(OC)c(C(c2ccc(Br)cc2)N2CCCNCC2)c1. The Bertz CT molecular complexity index is 683. The van der Waals surface area contributed by atoms with Crippen LogP contribution in [-0.4, -0.2) is 45.3 Å². The molecule has 1 aliphatic heterocycles. The summed E-state index contributed by atoms with van der Waals surface area (Å²) in [5.41, 5.74) is 2.41. The van der Waals surface area contributed by atoms with Crippen molar-refractivity contribution in [2.75, 3.05) is 40.4 Å². The Morgan fingerprint density at radius 2 is 1.80 bits per heavy atom. The maximum Gasteiger partial charge on any atom is 0.124 e. The normalized spacial score (nSPS) is 16.9. The lowest BCUT2D eigenvalue weighted by Gasteiger charge is -2.32. The fourth-order valence-electron chi connectivity index (χ4n) is 3.41. The van der Waals surface area contributed by atoms with Crippen LogP contribution in [0.1, 0.15) is 23.6 Å². The van der Waals surface area contributed by atoms with Crippen LogP contribution < -0.4 is 14.8 Å². The van der Waals surface area contributed by atoms with Crippen molar-refractivity contribution in [3.8, 4) is 11.5 Å². The van der Waals surface area contributed by atoms with Crippen molar-refractivity contribution in [3.63, 3.8) is 0 Å². The van der Waals surface area contributed by atoms with Crippen molar-refractivity contribution in [1.29, 1.82) is 0 Å². The van der Waals surface area contributed by atoms with Gasteiger partial charge in [-0.3, -0.25) is 4.90 Å². The number of nitrogens with zero attached hydrogens (tertiary/aromatic N) is 1. The van der Waals surface area contributed by atoms with Crippen molar-refractivity contribution in [3.05, 3.63) is 58.1 Å². The van der Waals surface area contributed by atoms with Crippen LogP contribution in [0, 0.1) is 0 Å². The van der Waals surface area contributed by atoms with E-state index in [0.29, 0.717) is 0 Å². The molecule has 2 aromatic carbocycles. The molecule has 1 fully saturated rings. The van der Waals surface area contributed by atoms with Gasteiger partial charge < -0.3 is 14.8 Å². The molecule has 1 unspecified atom stereocenters. The van der Waals surface area contributed by atoms with E-state index >= 15 is 0 Å². The second kappa shape index (κ2) is 8.70. The first-order chi connectivity index (χ1) is 12.2. The molecule has 1 aliphatic rings. The van der Waals surface area contributed by atoms with E-state index in [1.807, 2.05) is 12.1 Å². The van der Waals surface area contributed by atoms with Crippen LogP contribution in [-0.2, 0) is 0 Å². The van der Waals surface area contributed by atoms with Gasteiger partial charge in [0.2, 0.25) is 0 Å². The molecule has 134 valence electrons. The quantitative estimate of drug-likeness (QED) is 0.820. The Morgan fingerprint density at radius 3 is 2.52 bits per heavy atom. The zero-order chi connectivity index (χ0) is 17.6. The summed E-state index contributed by atoms with van der Waals surface area (Å²) < 4.78 is 12.3. The zero-order valence-electron chi connectivity index (χ0n) is 14.8. The minimum Gasteiger partial charge on any atom is -0.497 e. The second-order valence-electron chi connectivity index (χ2n) is 6.20. The number of rotatable bonds is 5. The Kier molecular flexibility index (Phi) is 6.34. The van der Waals surface area contributed by atoms with Crippen LogP contribution in [0.25, 0.3) is 0 Å². The van der Waals surface area contributed by atoms with Gasteiger partial charge in [-0.15, -0.1) is 0 Å². The van der Waals surface area contributed by atoms with Crippen molar-refractivity contribution < 1.29 is 9.47 Å². The maximum atomic E-state index is 5.69. The van der Waals surface area contributed by atoms with Gasteiger partial charge in [0.1, 0.15) is 11.5 Å². The minimum absolute atomic E-state index is 0.137. The lowest BCUT2D eigenvalue weighted by molar-refractivity contribution is 0.235. The molecule has 5 heteroatoms. The predicted octanol–water partition coefficient (Wildman–Crippen LogP) is 3.85. The highest BCUT2D eigenvalue weighted by molar-refractivity contribution is 9.10. The van der Waals surface area contributed by atoms with Crippen LogP contribution in [0.2, 0.25) is 0 Å². The summed E-state index contributed by atoms with van der Waals surface area (Å²) >= 11 is 3.54. The smallest absolute Gasteiger partial charge is 0.124 e. The molecule has 0 aromatic heterocycles. The number of hydrogen-bond donors (Lipinski definition) is 1. The highest BCUT2D eigenvalue weighted by Gasteiger charge is 2.26. The van der Waals surface area contributed by atoms with E-state index < -0.39 is 0 Å². The van der Waals surface area contributed by atoms with E-state index in [0.717, 1.165) is 54.1 Å². The lowest BCUT2D eigenvalue weighted by atomic mass is 9.95. The summed E-state index contributed by atoms with van der Waals surface area (Å²) in [5, 5.41) is 3.49. The van der Waals surface area contributed by atoms with E-state index in [1.165, 1.54) is 5.56 Å².